The molecular weight excluding hydrogens is 715 g/mol. The highest BCUT2D eigenvalue weighted by atomic mass is 16.5. The van der Waals surface area contributed by atoms with Gasteiger partial charge >= 0.3 is 5.97 Å². The van der Waals surface area contributed by atoms with Crippen LogP contribution in [-0.2, 0) is 19.1 Å². The smallest absolute Gasteiger partial charge is 0.339 e. The molecule has 1 saturated carbocycles. The number of anilines is 2. The van der Waals surface area contributed by atoms with E-state index in [1.165, 1.54) is 0 Å². The number of carbonyl (C=O) groups is 4. The van der Waals surface area contributed by atoms with E-state index in [4.69, 9.17) is 9.47 Å². The number of likely N-dealkylation sites (N-methyl/N-ethyl adjacent to an activating group) is 1. The van der Waals surface area contributed by atoms with Gasteiger partial charge in [-0.25, -0.2) is 4.79 Å². The van der Waals surface area contributed by atoms with Crippen molar-refractivity contribution in [2.45, 2.75) is 118 Å². The van der Waals surface area contributed by atoms with Crippen molar-refractivity contribution in [2.24, 2.45) is 17.8 Å². The van der Waals surface area contributed by atoms with Gasteiger partial charge in [0, 0.05) is 86.1 Å². The van der Waals surface area contributed by atoms with Gasteiger partial charge < -0.3 is 24.2 Å². The van der Waals surface area contributed by atoms with E-state index < -0.39 is 18.1 Å². The van der Waals surface area contributed by atoms with Crippen LogP contribution < -0.4 is 14.5 Å². The van der Waals surface area contributed by atoms with Gasteiger partial charge in [0.15, 0.2) is 17.7 Å². The van der Waals surface area contributed by atoms with E-state index in [9.17, 15) is 19.2 Å². The molecule has 0 aromatic heterocycles. The van der Waals surface area contributed by atoms with Crippen molar-refractivity contribution < 1.29 is 28.7 Å². The molecule has 9 heteroatoms. The highest BCUT2D eigenvalue weighted by Crippen LogP contribution is 2.50. The van der Waals surface area contributed by atoms with E-state index in [-0.39, 0.29) is 35.2 Å². The van der Waals surface area contributed by atoms with Crippen LogP contribution in [0.2, 0.25) is 0 Å². The van der Waals surface area contributed by atoms with Crippen molar-refractivity contribution in [1.82, 2.24) is 4.90 Å². The van der Waals surface area contributed by atoms with Crippen molar-refractivity contribution >= 4 is 34.8 Å². The van der Waals surface area contributed by atoms with Crippen LogP contribution >= 0.6 is 0 Å². The third kappa shape index (κ3) is 10.1. The summed E-state index contributed by atoms with van der Waals surface area (Å²) < 4.78 is 12.7. The van der Waals surface area contributed by atoms with Crippen molar-refractivity contribution in [2.75, 3.05) is 43.0 Å². The number of hydrogen-bond donors (Lipinski definition) is 0. The summed E-state index contributed by atoms with van der Waals surface area (Å²) in [6.45, 7) is 19.4. The minimum Gasteiger partial charge on any atom is -0.457 e. The number of fused-ring (bicyclic) bond motifs is 2. The average Bonchev–Trinajstić information content (AvgIpc) is 3.44. The molecule has 2 unspecified atom stereocenters. The number of hydrogen-bond acceptors (Lipinski definition) is 8. The molecule has 0 N–H and O–H groups in total. The van der Waals surface area contributed by atoms with E-state index in [2.05, 4.69) is 87.7 Å². The minimum absolute atomic E-state index is 0.0131. The Morgan fingerprint density at radius 1 is 0.754 bits per heavy atom. The van der Waals surface area contributed by atoms with Gasteiger partial charge in [-0.3, -0.25) is 14.4 Å². The number of ether oxygens (including phenoxy) is 2. The molecule has 4 atom stereocenters. The lowest BCUT2D eigenvalue weighted by Gasteiger charge is -2.32. The third-order valence-corrected chi connectivity index (χ3v) is 12.2. The summed E-state index contributed by atoms with van der Waals surface area (Å²) in [4.78, 5) is 59.9. The molecule has 0 saturated heterocycles. The Morgan fingerprint density at radius 2 is 1.33 bits per heavy atom. The molecule has 9 nitrogen and oxygen atoms in total. The van der Waals surface area contributed by atoms with Crippen molar-refractivity contribution in [3.63, 3.8) is 0 Å². The number of carbonyl (C=O) groups excluding carboxylic acids is 4. The van der Waals surface area contributed by atoms with Gasteiger partial charge in [0.1, 0.15) is 11.5 Å². The second-order valence-corrected chi connectivity index (χ2v) is 16.4. The molecule has 2 aliphatic rings. The highest BCUT2D eigenvalue weighted by molar-refractivity contribution is 5.95. The summed E-state index contributed by atoms with van der Waals surface area (Å²) in [5.41, 5.74) is 5.30. The number of ketones is 2. The van der Waals surface area contributed by atoms with Gasteiger partial charge in [-0.05, 0) is 109 Å². The van der Waals surface area contributed by atoms with Crippen LogP contribution in [0.3, 0.4) is 0 Å². The zero-order valence-corrected chi connectivity index (χ0v) is 35.8. The first-order chi connectivity index (χ1) is 27.3. The first kappa shape index (κ1) is 43.5. The highest BCUT2D eigenvalue weighted by Gasteiger charge is 2.35. The molecule has 3 aromatic rings. The van der Waals surface area contributed by atoms with Crippen molar-refractivity contribution in [3.8, 4) is 11.5 Å². The normalized spacial score (nSPS) is 17.6. The lowest BCUT2D eigenvalue weighted by atomic mass is 9.80. The zero-order valence-electron chi connectivity index (χ0n) is 35.8. The summed E-state index contributed by atoms with van der Waals surface area (Å²) in [5.74, 6) is 0.846. The number of Topliss-reactive ketones (excluding diaryl/α,β-unsaturated/α-hetero) is 2. The molecule has 57 heavy (non-hydrogen) atoms. The minimum atomic E-state index is -0.924. The Bertz CT molecular complexity index is 1820. The molecule has 1 heterocycles. The molecule has 0 spiro atoms. The number of esters is 1. The second-order valence-electron chi connectivity index (χ2n) is 16.4. The Labute approximate surface area is 341 Å². The van der Waals surface area contributed by atoms with E-state index >= 15 is 0 Å². The maximum absolute atomic E-state index is 14.1. The predicted octanol–water partition coefficient (Wildman–Crippen LogP) is 9.83. The van der Waals surface area contributed by atoms with Gasteiger partial charge in [-0.1, -0.05) is 50.6 Å². The fourth-order valence-corrected chi connectivity index (χ4v) is 8.88. The van der Waals surface area contributed by atoms with Gasteiger partial charge in [0.25, 0.3) is 0 Å². The molecule has 0 radical (unpaired) electrons. The SMILES string of the molecule is CCN(CC)c1ccc2c(c1)Oc1cc(N(CC)CC)ccc1C2c1ccccc1C(=O)OC(C)C(=O)CC1CCC[C@@H](C(=O)N(C)[C@H](CC(C)C)C(C)=O)CC1. The first-order valence-corrected chi connectivity index (χ1v) is 21.4. The molecule has 1 aliphatic heterocycles. The average molecular weight is 780 g/mol. The van der Waals surface area contributed by atoms with Crippen LogP contribution in [0.5, 0.6) is 11.5 Å². The van der Waals surface area contributed by atoms with Gasteiger partial charge in [0.05, 0.1) is 11.6 Å². The molecule has 1 amide bonds. The van der Waals surface area contributed by atoms with E-state index in [1.54, 1.807) is 31.9 Å². The van der Waals surface area contributed by atoms with Crippen molar-refractivity contribution in [3.05, 3.63) is 82.9 Å². The van der Waals surface area contributed by atoms with Gasteiger partial charge in [0.2, 0.25) is 5.91 Å². The van der Waals surface area contributed by atoms with Gasteiger partial charge in [-0.15, -0.1) is 0 Å². The maximum atomic E-state index is 14.1. The quantitative estimate of drug-likeness (QED) is 0.0773. The molecule has 3 aromatic carbocycles. The number of benzene rings is 3. The standard InChI is InChI=1S/C48H65N3O6/c1-10-50(11-2)36-23-25-40-44(29-36)57-45-30-37(51(12-3)13-4)24-26-41(45)46(40)38-19-14-15-20-39(38)48(55)56-33(8)43(53)28-34-17-16-18-35(22-21-34)47(54)49(9)42(32(7)52)27-31(5)6/h14-15,19-20,23-26,29-31,33-35,42,46H,10-13,16-18,21-22,27-28H2,1-9H3/t33?,34?,35-,42-/m1/s1. The fraction of sp³-hybridized carbons (Fsp3) is 0.542. The molecule has 5 rings (SSSR count). The van der Waals surface area contributed by atoms with E-state index in [1.807, 2.05) is 18.2 Å². The number of nitrogens with zero attached hydrogens (tertiary/aromatic N) is 3. The maximum Gasteiger partial charge on any atom is 0.339 e. The topological polar surface area (TPSA) is 96.5 Å². The monoisotopic (exact) mass is 779 g/mol. The van der Waals surface area contributed by atoms with Crippen LogP contribution in [0.1, 0.15) is 133 Å². The lowest BCUT2D eigenvalue weighted by Crippen LogP contribution is -2.45. The third-order valence-electron chi connectivity index (χ3n) is 12.2. The summed E-state index contributed by atoms with van der Waals surface area (Å²) in [6, 6.07) is 19.8. The lowest BCUT2D eigenvalue weighted by molar-refractivity contribution is -0.141. The number of rotatable bonds is 17. The summed E-state index contributed by atoms with van der Waals surface area (Å²) in [6.07, 6.45) is 3.84. The van der Waals surface area contributed by atoms with E-state index in [0.717, 1.165) is 91.4 Å². The first-order valence-electron chi connectivity index (χ1n) is 21.4. The predicted molar refractivity (Wildman–Crippen MR) is 229 cm³/mol. The fourth-order valence-electron chi connectivity index (χ4n) is 8.88. The Morgan fingerprint density at radius 3 is 1.88 bits per heavy atom. The summed E-state index contributed by atoms with van der Waals surface area (Å²) in [5, 5.41) is 0. The van der Waals surface area contributed by atoms with Crippen LogP contribution in [-0.4, -0.2) is 73.7 Å². The Kier molecular flexibility index (Phi) is 15.0. The zero-order chi connectivity index (χ0) is 41.4. The number of amides is 1. The Hall–Kier alpha value is -4.66. The molecular formula is C48H65N3O6. The molecule has 308 valence electrons. The van der Waals surface area contributed by atoms with E-state index in [0.29, 0.717) is 30.7 Å². The Balaban J connectivity index is 1.33. The van der Waals surface area contributed by atoms with Gasteiger partial charge in [-0.2, -0.15) is 0 Å². The molecule has 0 bridgehead atoms. The van der Waals surface area contributed by atoms with Crippen LogP contribution in [0.15, 0.2) is 60.7 Å². The summed E-state index contributed by atoms with van der Waals surface area (Å²) in [7, 11) is 1.75. The molecule has 1 aliphatic carbocycles. The largest absolute Gasteiger partial charge is 0.457 e. The second kappa shape index (κ2) is 19.7. The van der Waals surface area contributed by atoms with Crippen LogP contribution in [0, 0.1) is 17.8 Å². The van der Waals surface area contributed by atoms with Crippen molar-refractivity contribution in [1.29, 1.82) is 0 Å². The summed E-state index contributed by atoms with van der Waals surface area (Å²) >= 11 is 0. The van der Waals surface area contributed by atoms with Crippen LogP contribution in [0.25, 0.3) is 0 Å². The van der Waals surface area contributed by atoms with Crippen LogP contribution in [0.4, 0.5) is 11.4 Å². The molecule has 1 fully saturated rings.